The van der Waals surface area contributed by atoms with Crippen LogP contribution in [-0.4, -0.2) is 43.8 Å². The van der Waals surface area contributed by atoms with E-state index in [1.165, 1.54) is 44.3 Å². The Morgan fingerprint density at radius 2 is 1.38 bits per heavy atom. The zero-order valence-electron chi connectivity index (χ0n) is 22.0. The van der Waals surface area contributed by atoms with Crippen LogP contribution in [0.2, 0.25) is 0 Å². The zero-order valence-corrected chi connectivity index (χ0v) is 22.0. The maximum Gasteiger partial charge on any atom is 0.412 e. The van der Waals surface area contributed by atoms with Crippen molar-refractivity contribution in [2.75, 3.05) is 32.8 Å². The molecule has 37 heavy (non-hydrogen) atoms. The lowest BCUT2D eigenvalue weighted by Crippen LogP contribution is -2.29. The maximum absolute atomic E-state index is 11.8. The predicted molar refractivity (Wildman–Crippen MR) is 151 cm³/mol. The molecule has 0 aromatic heterocycles. The number of carbonyl (C=O) groups is 1. The van der Waals surface area contributed by atoms with Crippen molar-refractivity contribution in [3.05, 3.63) is 95.6 Å². The zero-order chi connectivity index (χ0) is 25.9. The molecule has 194 valence electrons. The van der Waals surface area contributed by atoms with Gasteiger partial charge in [-0.05, 0) is 91.9 Å². The molecule has 1 amide bonds. The fourth-order valence-corrected chi connectivity index (χ4v) is 4.78. The Balaban J connectivity index is 1.52. The average molecular weight is 499 g/mol. The quantitative estimate of drug-likeness (QED) is 0.322. The van der Waals surface area contributed by atoms with Gasteiger partial charge in [0.05, 0.1) is 0 Å². The third-order valence-electron chi connectivity index (χ3n) is 6.77. The molecule has 3 aromatic carbocycles. The van der Waals surface area contributed by atoms with Crippen molar-refractivity contribution in [2.45, 2.75) is 39.5 Å². The first-order valence-corrected chi connectivity index (χ1v) is 13.4. The van der Waals surface area contributed by atoms with Crippen LogP contribution in [0.5, 0.6) is 11.5 Å². The monoisotopic (exact) mass is 498 g/mol. The number of nitrogens with one attached hydrogen (secondary N) is 1. The average Bonchev–Trinajstić information content (AvgIpc) is 3.20. The van der Waals surface area contributed by atoms with Crippen LogP contribution in [0.15, 0.2) is 78.9 Å². The van der Waals surface area contributed by atoms with Crippen LogP contribution < -0.4 is 14.8 Å². The standard InChI is InChI=1S/C32H38N2O3/c1-3-33-32(35)37-30-19-15-28(16-20-30)31(25(2)26-11-7-6-8-12-26)27-13-17-29(18-14-27)36-24-23-34-21-9-4-5-10-22-34/h6-8,11-20H,3-5,9-10,21-24H2,1-2H3,(H,33,35)/b31-25-. The molecule has 0 saturated carbocycles. The molecule has 0 spiro atoms. The number of carbonyl (C=O) groups excluding carboxylic acids is 1. The second kappa shape index (κ2) is 13.7. The van der Waals surface area contributed by atoms with E-state index in [9.17, 15) is 4.79 Å². The van der Waals surface area contributed by atoms with Gasteiger partial charge in [0.1, 0.15) is 18.1 Å². The summed E-state index contributed by atoms with van der Waals surface area (Å²) in [6.45, 7) is 8.58. The molecule has 1 N–H and O–H groups in total. The number of nitrogens with zero attached hydrogens (tertiary/aromatic N) is 1. The Hall–Kier alpha value is -3.57. The van der Waals surface area contributed by atoms with E-state index in [0.29, 0.717) is 18.9 Å². The molecular formula is C32H38N2O3. The van der Waals surface area contributed by atoms with E-state index in [1.54, 1.807) is 0 Å². The summed E-state index contributed by atoms with van der Waals surface area (Å²) in [4.78, 5) is 14.3. The minimum absolute atomic E-state index is 0.446. The van der Waals surface area contributed by atoms with Crippen molar-refractivity contribution in [1.29, 1.82) is 0 Å². The van der Waals surface area contributed by atoms with Crippen molar-refractivity contribution >= 4 is 17.2 Å². The van der Waals surface area contributed by atoms with Gasteiger partial charge in [0.15, 0.2) is 0 Å². The number of ether oxygens (including phenoxy) is 2. The van der Waals surface area contributed by atoms with Gasteiger partial charge in [-0.2, -0.15) is 0 Å². The Kier molecular flexibility index (Phi) is 9.78. The van der Waals surface area contributed by atoms with Gasteiger partial charge in [-0.1, -0.05) is 67.4 Å². The third kappa shape index (κ3) is 7.70. The first-order valence-electron chi connectivity index (χ1n) is 13.4. The molecular weight excluding hydrogens is 460 g/mol. The summed E-state index contributed by atoms with van der Waals surface area (Å²) < 4.78 is 11.5. The van der Waals surface area contributed by atoms with Crippen LogP contribution in [0.25, 0.3) is 11.1 Å². The maximum atomic E-state index is 11.8. The SMILES string of the molecule is CCNC(=O)Oc1ccc(/C(=C(/C)c2ccccc2)c2ccc(OCCN3CCCCCC3)cc2)cc1. The van der Waals surface area contributed by atoms with Gasteiger partial charge in [0.25, 0.3) is 0 Å². The molecule has 1 saturated heterocycles. The van der Waals surface area contributed by atoms with Gasteiger partial charge in [-0.25, -0.2) is 4.79 Å². The summed E-state index contributed by atoms with van der Waals surface area (Å²) in [6.07, 6.45) is 4.84. The van der Waals surface area contributed by atoms with Crippen molar-refractivity contribution in [3.63, 3.8) is 0 Å². The number of allylic oxidation sites excluding steroid dienone is 1. The first kappa shape index (κ1) is 26.5. The second-order valence-electron chi connectivity index (χ2n) is 9.44. The number of hydrogen-bond acceptors (Lipinski definition) is 4. The lowest BCUT2D eigenvalue weighted by Gasteiger charge is -2.20. The Morgan fingerprint density at radius 1 is 0.784 bits per heavy atom. The van der Waals surface area contributed by atoms with E-state index >= 15 is 0 Å². The Bertz CT molecular complexity index is 1150. The van der Waals surface area contributed by atoms with E-state index in [1.807, 2.05) is 37.3 Å². The highest BCUT2D eigenvalue weighted by atomic mass is 16.6. The van der Waals surface area contributed by atoms with Crippen molar-refractivity contribution in [2.24, 2.45) is 0 Å². The van der Waals surface area contributed by atoms with E-state index in [2.05, 4.69) is 65.7 Å². The van der Waals surface area contributed by atoms with E-state index in [0.717, 1.165) is 34.6 Å². The van der Waals surface area contributed by atoms with Gasteiger partial charge in [-0.3, -0.25) is 4.90 Å². The predicted octanol–water partition coefficient (Wildman–Crippen LogP) is 7.03. The molecule has 1 heterocycles. The Labute approximate surface area is 221 Å². The molecule has 1 aliphatic rings. The van der Waals surface area contributed by atoms with Crippen LogP contribution in [0.4, 0.5) is 4.79 Å². The minimum atomic E-state index is -0.446. The van der Waals surface area contributed by atoms with E-state index in [-0.39, 0.29) is 0 Å². The van der Waals surface area contributed by atoms with Crippen molar-refractivity contribution < 1.29 is 14.3 Å². The molecule has 4 rings (SSSR count). The molecule has 0 unspecified atom stereocenters. The number of amides is 1. The number of rotatable bonds is 9. The summed E-state index contributed by atoms with van der Waals surface area (Å²) in [5.41, 5.74) is 5.63. The molecule has 1 fully saturated rings. The smallest absolute Gasteiger partial charge is 0.412 e. The summed E-state index contributed by atoms with van der Waals surface area (Å²) in [6, 6.07) is 26.4. The summed E-state index contributed by atoms with van der Waals surface area (Å²) in [5, 5.41) is 2.65. The van der Waals surface area contributed by atoms with Gasteiger partial charge in [0, 0.05) is 13.1 Å². The van der Waals surface area contributed by atoms with Gasteiger partial charge >= 0.3 is 6.09 Å². The largest absolute Gasteiger partial charge is 0.492 e. The molecule has 0 aliphatic carbocycles. The van der Waals surface area contributed by atoms with Gasteiger partial charge < -0.3 is 14.8 Å². The molecule has 0 atom stereocenters. The molecule has 3 aromatic rings. The summed E-state index contributed by atoms with van der Waals surface area (Å²) >= 11 is 0. The number of likely N-dealkylation sites (tertiary alicyclic amines) is 1. The first-order chi connectivity index (χ1) is 18.1. The molecule has 0 radical (unpaired) electrons. The summed E-state index contributed by atoms with van der Waals surface area (Å²) in [5.74, 6) is 1.40. The lowest BCUT2D eigenvalue weighted by atomic mass is 9.90. The highest BCUT2D eigenvalue weighted by Crippen LogP contribution is 2.33. The van der Waals surface area contributed by atoms with Crippen molar-refractivity contribution in [3.8, 4) is 11.5 Å². The minimum Gasteiger partial charge on any atom is -0.492 e. The van der Waals surface area contributed by atoms with Crippen LogP contribution >= 0.6 is 0 Å². The second-order valence-corrected chi connectivity index (χ2v) is 9.44. The highest BCUT2D eigenvalue weighted by Gasteiger charge is 2.13. The molecule has 5 heteroatoms. The van der Waals surface area contributed by atoms with E-state index in [4.69, 9.17) is 9.47 Å². The van der Waals surface area contributed by atoms with Crippen LogP contribution in [0.3, 0.4) is 0 Å². The van der Waals surface area contributed by atoms with Crippen LogP contribution in [0.1, 0.15) is 56.2 Å². The van der Waals surface area contributed by atoms with Gasteiger partial charge in [0.2, 0.25) is 0 Å². The molecule has 1 aliphatic heterocycles. The fraction of sp³-hybridized carbons (Fsp3) is 0.344. The molecule has 5 nitrogen and oxygen atoms in total. The number of hydrogen-bond donors (Lipinski definition) is 1. The van der Waals surface area contributed by atoms with Gasteiger partial charge in [-0.15, -0.1) is 0 Å². The molecule has 0 bridgehead atoms. The normalized spacial score (nSPS) is 14.9. The number of benzene rings is 3. The topological polar surface area (TPSA) is 50.8 Å². The fourth-order valence-electron chi connectivity index (χ4n) is 4.78. The summed E-state index contributed by atoms with van der Waals surface area (Å²) in [7, 11) is 0. The highest BCUT2D eigenvalue weighted by molar-refractivity contribution is 5.98. The third-order valence-corrected chi connectivity index (χ3v) is 6.77. The lowest BCUT2D eigenvalue weighted by molar-refractivity contribution is 0.201. The van der Waals surface area contributed by atoms with E-state index < -0.39 is 6.09 Å². The van der Waals surface area contributed by atoms with Crippen LogP contribution in [0, 0.1) is 0 Å². The Morgan fingerprint density at radius 3 is 1.97 bits per heavy atom. The van der Waals surface area contributed by atoms with Crippen LogP contribution in [-0.2, 0) is 0 Å². The van der Waals surface area contributed by atoms with Crippen molar-refractivity contribution in [1.82, 2.24) is 10.2 Å².